The van der Waals surface area contributed by atoms with Gasteiger partial charge in [0.05, 0.1) is 6.61 Å². The zero-order chi connectivity index (χ0) is 7.44. The Balaban J connectivity index is 3.72. The Labute approximate surface area is 51.2 Å². The van der Waals surface area contributed by atoms with Crippen molar-refractivity contribution in [3.05, 3.63) is 0 Å². The van der Waals surface area contributed by atoms with Crippen LogP contribution in [0.1, 0.15) is 0 Å². The Morgan fingerprint density at radius 1 is 1.44 bits per heavy atom. The van der Waals surface area contributed by atoms with Crippen molar-refractivity contribution in [1.29, 1.82) is 0 Å². The van der Waals surface area contributed by atoms with Crippen molar-refractivity contribution < 1.29 is 25.2 Å². The van der Waals surface area contributed by atoms with E-state index in [4.69, 9.17) is 20.4 Å². The summed E-state index contributed by atoms with van der Waals surface area (Å²) >= 11 is 0. The molecule has 4 N–H and O–H groups in total. The first-order valence-corrected chi connectivity index (χ1v) is 2.29. The molecule has 0 amide bonds. The van der Waals surface area contributed by atoms with E-state index in [1.165, 1.54) is 0 Å². The van der Waals surface area contributed by atoms with Crippen molar-refractivity contribution in [3.63, 3.8) is 0 Å². The summed E-state index contributed by atoms with van der Waals surface area (Å²) in [6, 6.07) is 0. The SMILES string of the molecule is O=C(O)C(O)C(O)CO. The molecule has 0 saturated heterocycles. The third-order valence-electron chi connectivity index (χ3n) is 0.805. The van der Waals surface area contributed by atoms with E-state index >= 15 is 0 Å². The fourth-order valence-corrected chi connectivity index (χ4v) is 0.264. The molecule has 0 saturated carbocycles. The second kappa shape index (κ2) is 3.39. The molecule has 0 spiro atoms. The molecule has 0 fully saturated rings. The maximum atomic E-state index is 9.78. The second-order valence-electron chi connectivity index (χ2n) is 1.53. The van der Waals surface area contributed by atoms with Gasteiger partial charge in [0.1, 0.15) is 6.10 Å². The van der Waals surface area contributed by atoms with Gasteiger partial charge in [-0.2, -0.15) is 0 Å². The summed E-state index contributed by atoms with van der Waals surface area (Å²) in [5, 5.41) is 32.8. The van der Waals surface area contributed by atoms with Gasteiger partial charge in [-0.25, -0.2) is 4.79 Å². The number of carbonyl (C=O) groups is 1. The topological polar surface area (TPSA) is 98.0 Å². The molecule has 5 heteroatoms. The maximum absolute atomic E-state index is 9.78. The first-order valence-electron chi connectivity index (χ1n) is 2.29. The van der Waals surface area contributed by atoms with Crippen LogP contribution < -0.4 is 0 Å². The number of aliphatic hydroxyl groups is 3. The Morgan fingerprint density at radius 3 is 2.00 bits per heavy atom. The maximum Gasteiger partial charge on any atom is 0.335 e. The highest BCUT2D eigenvalue weighted by molar-refractivity contribution is 5.72. The van der Waals surface area contributed by atoms with Crippen LogP contribution >= 0.6 is 0 Å². The van der Waals surface area contributed by atoms with Crippen LogP contribution in [0, 0.1) is 0 Å². The molecule has 0 aliphatic heterocycles. The fourth-order valence-electron chi connectivity index (χ4n) is 0.264. The van der Waals surface area contributed by atoms with Crippen LogP contribution in [-0.4, -0.2) is 45.2 Å². The molecule has 5 nitrogen and oxygen atoms in total. The molecule has 0 aromatic rings. The van der Waals surface area contributed by atoms with E-state index in [0.717, 1.165) is 0 Å². The van der Waals surface area contributed by atoms with Gasteiger partial charge in [0, 0.05) is 0 Å². The van der Waals surface area contributed by atoms with Gasteiger partial charge in [-0.05, 0) is 0 Å². The zero-order valence-corrected chi connectivity index (χ0v) is 4.56. The van der Waals surface area contributed by atoms with Gasteiger partial charge in [0.25, 0.3) is 0 Å². The minimum Gasteiger partial charge on any atom is -0.479 e. The molecule has 0 aliphatic rings. The lowest BCUT2D eigenvalue weighted by Gasteiger charge is -2.09. The van der Waals surface area contributed by atoms with Crippen molar-refractivity contribution >= 4 is 5.97 Å². The highest BCUT2D eigenvalue weighted by Gasteiger charge is 2.21. The van der Waals surface area contributed by atoms with Gasteiger partial charge < -0.3 is 20.4 Å². The van der Waals surface area contributed by atoms with Gasteiger partial charge in [-0.15, -0.1) is 0 Å². The van der Waals surface area contributed by atoms with E-state index in [2.05, 4.69) is 0 Å². The van der Waals surface area contributed by atoms with E-state index in [0.29, 0.717) is 0 Å². The predicted octanol–water partition coefficient (Wildman–Crippen LogP) is -2.21. The lowest BCUT2D eigenvalue weighted by Crippen LogP contribution is -2.36. The molecule has 0 rings (SSSR count). The third kappa shape index (κ3) is 2.41. The van der Waals surface area contributed by atoms with Crippen molar-refractivity contribution in [2.45, 2.75) is 12.2 Å². The van der Waals surface area contributed by atoms with Crippen LogP contribution in [0.4, 0.5) is 0 Å². The quantitative estimate of drug-likeness (QED) is 0.352. The van der Waals surface area contributed by atoms with Crippen LogP contribution in [-0.2, 0) is 4.79 Å². The van der Waals surface area contributed by atoms with Gasteiger partial charge in [-0.3, -0.25) is 0 Å². The smallest absolute Gasteiger partial charge is 0.335 e. The lowest BCUT2D eigenvalue weighted by molar-refractivity contribution is -0.154. The van der Waals surface area contributed by atoms with Gasteiger partial charge in [0.2, 0.25) is 0 Å². The van der Waals surface area contributed by atoms with Crippen LogP contribution in [0.3, 0.4) is 0 Å². The molecule has 0 radical (unpaired) electrons. The number of hydrogen-bond acceptors (Lipinski definition) is 4. The van der Waals surface area contributed by atoms with Crippen molar-refractivity contribution in [2.75, 3.05) is 6.61 Å². The number of aliphatic carboxylic acids is 1. The van der Waals surface area contributed by atoms with E-state index in [1.807, 2.05) is 0 Å². The Kier molecular flexibility index (Phi) is 3.15. The molecule has 0 aromatic carbocycles. The Hall–Kier alpha value is -0.650. The Morgan fingerprint density at radius 2 is 1.89 bits per heavy atom. The monoisotopic (exact) mass is 136 g/mol. The summed E-state index contributed by atoms with van der Waals surface area (Å²) in [6.45, 7) is -0.756. The molecule has 0 bridgehead atoms. The van der Waals surface area contributed by atoms with E-state index in [1.54, 1.807) is 0 Å². The van der Waals surface area contributed by atoms with Crippen LogP contribution in [0.2, 0.25) is 0 Å². The molecule has 2 unspecified atom stereocenters. The van der Waals surface area contributed by atoms with Gasteiger partial charge >= 0.3 is 5.97 Å². The van der Waals surface area contributed by atoms with Crippen molar-refractivity contribution in [3.8, 4) is 0 Å². The number of hydrogen-bond donors (Lipinski definition) is 4. The van der Waals surface area contributed by atoms with Crippen molar-refractivity contribution in [1.82, 2.24) is 0 Å². The number of carboxylic acids is 1. The molecule has 0 heterocycles. The molecular formula is C4H8O5. The summed E-state index contributed by atoms with van der Waals surface area (Å²) < 4.78 is 0. The molecule has 2 atom stereocenters. The summed E-state index contributed by atoms with van der Waals surface area (Å²) in [4.78, 5) is 9.78. The number of aliphatic hydroxyl groups excluding tert-OH is 3. The van der Waals surface area contributed by atoms with E-state index in [9.17, 15) is 4.79 Å². The molecule has 9 heavy (non-hydrogen) atoms. The largest absolute Gasteiger partial charge is 0.479 e. The van der Waals surface area contributed by atoms with Crippen LogP contribution in [0.25, 0.3) is 0 Å². The minimum absolute atomic E-state index is 0.756. The lowest BCUT2D eigenvalue weighted by atomic mass is 10.2. The molecule has 0 aromatic heterocycles. The summed E-state index contributed by atoms with van der Waals surface area (Å²) in [5.41, 5.74) is 0. The normalized spacial score (nSPS) is 16.8. The van der Waals surface area contributed by atoms with E-state index in [-0.39, 0.29) is 0 Å². The minimum atomic E-state index is -1.89. The highest BCUT2D eigenvalue weighted by atomic mass is 16.4. The zero-order valence-electron chi connectivity index (χ0n) is 4.56. The van der Waals surface area contributed by atoms with Crippen molar-refractivity contribution in [2.24, 2.45) is 0 Å². The first-order chi connectivity index (χ1) is 4.09. The first kappa shape index (κ1) is 8.35. The predicted molar refractivity (Wildman–Crippen MR) is 26.7 cm³/mol. The van der Waals surface area contributed by atoms with Crippen LogP contribution in [0.5, 0.6) is 0 Å². The molecular weight excluding hydrogens is 128 g/mol. The van der Waals surface area contributed by atoms with E-state index < -0.39 is 24.8 Å². The summed E-state index contributed by atoms with van der Waals surface area (Å²) in [7, 11) is 0. The van der Waals surface area contributed by atoms with Gasteiger partial charge in [0.15, 0.2) is 6.10 Å². The molecule has 0 aliphatic carbocycles. The number of carboxylic acid groups (broad SMARTS) is 1. The summed E-state index contributed by atoms with van der Waals surface area (Å²) in [5.74, 6) is -1.54. The highest BCUT2D eigenvalue weighted by Crippen LogP contribution is 1.90. The summed E-state index contributed by atoms with van der Waals surface area (Å²) in [6.07, 6.45) is -3.49. The van der Waals surface area contributed by atoms with Crippen LogP contribution in [0.15, 0.2) is 0 Å². The van der Waals surface area contributed by atoms with Gasteiger partial charge in [-0.1, -0.05) is 0 Å². The average molecular weight is 136 g/mol. The Bertz CT molecular complexity index is 101. The fraction of sp³-hybridized carbons (Fsp3) is 0.750. The third-order valence-corrected chi connectivity index (χ3v) is 0.805. The second-order valence-corrected chi connectivity index (χ2v) is 1.53. The average Bonchev–Trinajstić information content (AvgIpc) is 1.84. The number of rotatable bonds is 3. The standard InChI is InChI=1S/C4H8O5/c5-1-2(6)3(7)4(8)9/h2-3,5-7H,1H2,(H,8,9). The molecule has 54 valence electrons.